The molecule has 7 saturated carbocycles. The van der Waals surface area contributed by atoms with Crippen molar-refractivity contribution in [3.05, 3.63) is 106 Å². The average Bonchev–Trinajstić information content (AvgIpc) is 3.87. The van der Waals surface area contributed by atoms with Gasteiger partial charge in [-0.2, -0.15) is 0 Å². The molecular formula is C67H97N11O7. The van der Waals surface area contributed by atoms with Crippen molar-refractivity contribution in [2.75, 3.05) is 91.6 Å². The molecule has 8 atom stereocenters. The van der Waals surface area contributed by atoms with Crippen molar-refractivity contribution < 1.29 is 33.9 Å². The molecule has 9 N–H and O–H groups in total. The maximum atomic E-state index is 12.9. The summed E-state index contributed by atoms with van der Waals surface area (Å²) in [5.74, 6) is -0.730. The Morgan fingerprint density at radius 3 is 1.18 bits per heavy atom. The average molecular weight is 1170 g/mol. The van der Waals surface area contributed by atoms with E-state index >= 15 is 0 Å². The van der Waals surface area contributed by atoms with Gasteiger partial charge in [-0.05, 0) is 155 Å². The largest absolute Gasteiger partial charge is 0.481 e. The SMILES string of the molecule is C1CC(N2CCNCC2)C1.C[C@@H]1CN(C2CCC2)CCN1.C[C@@H]1CN(C2CCC2)CCN1C(=O)[C@H]1C[C@@H]1c1ccc(C(N)=O)cc1.NC(=O)c1ccc([C@H]2C[C@@H]2C(=O)N2CCN(C3CCC3)CC2)cc1.NC(=O)c1ccc([C@H]2C[C@@H]2C(=O)O)cc1. The summed E-state index contributed by atoms with van der Waals surface area (Å²) in [6.07, 6.45) is 19.3. The number of piperazine rings is 4. The zero-order valence-corrected chi connectivity index (χ0v) is 50.7. The lowest BCUT2D eigenvalue weighted by Crippen LogP contribution is -2.58. The van der Waals surface area contributed by atoms with Crippen LogP contribution in [0.1, 0.15) is 176 Å². The Labute approximate surface area is 504 Å². The predicted octanol–water partition coefficient (Wildman–Crippen LogP) is 5.81. The number of aliphatic carboxylic acids is 1. The summed E-state index contributed by atoms with van der Waals surface area (Å²) in [7, 11) is 0. The van der Waals surface area contributed by atoms with Gasteiger partial charge in [-0.1, -0.05) is 62.1 Å². The lowest BCUT2D eigenvalue weighted by molar-refractivity contribution is -0.139. The number of primary amides is 3. The summed E-state index contributed by atoms with van der Waals surface area (Å²) in [6, 6.07) is 26.1. The standard InChI is InChI=1S/C20H27N3O2.C19H25N3O2.C11H11NO3.C9H18N2.C8H16N2/c1-13-12-22(16-3-2-4-16)9-10-23(13)20(25)18-11-17(18)14-5-7-15(8-6-14)19(21)24;20-18(23)14-6-4-13(5-7-14)16-12-17(16)19(24)22-10-8-21(9-11-22)15-2-1-3-15;12-10(13)7-3-1-6(2-4-7)8-5-9(8)11(14)15;1-8-7-11(6-5-10-8)9-3-2-4-9;1-2-8(3-1)10-6-4-9-5-7-10/h5-8,13,16-18H,2-4,9-12H2,1H3,(H2,21,24);4-7,15-17H,1-3,8-12H2,(H2,20,23);1-4,8-9H,5H2,(H2,12,13)(H,14,15);8-10H,2-7H2,1H3;8-9H,1-7H2/t13-,17-,18+;16-,17+;8-,9+;8-;/m1111./s1. The van der Waals surface area contributed by atoms with E-state index in [0.29, 0.717) is 58.8 Å². The van der Waals surface area contributed by atoms with Gasteiger partial charge in [-0.25, -0.2) is 0 Å². The van der Waals surface area contributed by atoms with Crippen LogP contribution in [0.3, 0.4) is 0 Å². The third kappa shape index (κ3) is 16.3. The van der Waals surface area contributed by atoms with Gasteiger partial charge in [-0.3, -0.25) is 48.4 Å². The normalized spacial score (nSPS) is 28.8. The first-order valence-electron chi connectivity index (χ1n) is 32.5. The Morgan fingerprint density at radius 1 is 0.435 bits per heavy atom. The van der Waals surface area contributed by atoms with Crippen molar-refractivity contribution in [3.63, 3.8) is 0 Å². The Balaban J connectivity index is 0.000000124. The zero-order chi connectivity index (χ0) is 59.7. The number of carbonyl (C=O) groups excluding carboxylic acids is 5. The van der Waals surface area contributed by atoms with Gasteiger partial charge in [0.15, 0.2) is 0 Å². The van der Waals surface area contributed by atoms with Crippen molar-refractivity contribution in [1.29, 1.82) is 0 Å². The minimum Gasteiger partial charge on any atom is -0.481 e. The number of carboxylic acid groups (broad SMARTS) is 1. The smallest absolute Gasteiger partial charge is 0.307 e. The highest BCUT2D eigenvalue weighted by atomic mass is 16.4. The van der Waals surface area contributed by atoms with Crippen molar-refractivity contribution in [2.45, 2.75) is 164 Å². The van der Waals surface area contributed by atoms with Crippen LogP contribution in [0.25, 0.3) is 0 Å². The second-order valence-corrected chi connectivity index (χ2v) is 26.4. The van der Waals surface area contributed by atoms with Gasteiger partial charge in [0.2, 0.25) is 29.5 Å². The molecule has 5 amide bonds. The molecule has 0 aromatic heterocycles. The number of amides is 5. The van der Waals surface area contributed by atoms with E-state index in [-0.39, 0.29) is 23.7 Å². The third-order valence-corrected chi connectivity index (χ3v) is 20.7. The maximum absolute atomic E-state index is 12.9. The maximum Gasteiger partial charge on any atom is 0.307 e. The van der Waals surface area contributed by atoms with Crippen LogP contribution in [0.2, 0.25) is 0 Å². The lowest BCUT2D eigenvalue weighted by atomic mass is 9.90. The van der Waals surface area contributed by atoms with Gasteiger partial charge >= 0.3 is 5.97 Å². The number of hydrogen-bond acceptors (Lipinski definition) is 12. The van der Waals surface area contributed by atoms with Gasteiger partial charge in [0.05, 0.1) is 5.92 Å². The number of rotatable bonds is 13. The first-order chi connectivity index (χ1) is 41.1. The highest BCUT2D eigenvalue weighted by Crippen LogP contribution is 2.50. The van der Waals surface area contributed by atoms with Gasteiger partial charge in [0, 0.05) is 156 Å². The van der Waals surface area contributed by atoms with Crippen LogP contribution in [0, 0.1) is 17.8 Å². The van der Waals surface area contributed by atoms with Crippen LogP contribution >= 0.6 is 0 Å². The molecule has 18 heteroatoms. The topological polar surface area (TPSA) is 244 Å². The van der Waals surface area contributed by atoms with Crippen LogP contribution in [-0.2, 0) is 14.4 Å². The highest BCUT2D eigenvalue weighted by molar-refractivity contribution is 5.94. The zero-order valence-electron chi connectivity index (χ0n) is 50.7. The molecule has 85 heavy (non-hydrogen) atoms. The minimum atomic E-state index is -0.751. The number of benzene rings is 3. The second kappa shape index (κ2) is 28.8. The molecule has 0 spiro atoms. The van der Waals surface area contributed by atoms with E-state index in [4.69, 9.17) is 22.3 Å². The lowest BCUT2D eigenvalue weighted by Gasteiger charge is -2.46. The third-order valence-electron chi connectivity index (χ3n) is 20.7. The number of hydrogen-bond donors (Lipinski definition) is 6. The van der Waals surface area contributed by atoms with E-state index in [1.807, 2.05) is 24.3 Å². The van der Waals surface area contributed by atoms with Crippen LogP contribution in [0.15, 0.2) is 72.8 Å². The molecule has 14 rings (SSSR count). The molecule has 0 bridgehead atoms. The fraction of sp³-hybridized carbons (Fsp3) is 0.642. The summed E-state index contributed by atoms with van der Waals surface area (Å²) < 4.78 is 0. The quantitative estimate of drug-likeness (QED) is 0.119. The molecule has 11 aliphatic rings. The van der Waals surface area contributed by atoms with Crippen LogP contribution in [-0.4, -0.2) is 198 Å². The Morgan fingerprint density at radius 2 is 0.800 bits per heavy atom. The molecule has 3 aromatic carbocycles. The fourth-order valence-electron chi connectivity index (χ4n) is 13.9. The first kappa shape index (κ1) is 62.3. The fourth-order valence-corrected chi connectivity index (χ4v) is 13.9. The number of carbonyl (C=O) groups is 6. The molecule has 0 radical (unpaired) electrons. The van der Waals surface area contributed by atoms with Crippen molar-refractivity contribution in [3.8, 4) is 0 Å². The Bertz CT molecular complexity index is 2740. The second-order valence-electron chi connectivity index (χ2n) is 26.4. The monoisotopic (exact) mass is 1170 g/mol. The van der Waals surface area contributed by atoms with Gasteiger partial charge < -0.3 is 42.7 Å². The molecule has 4 heterocycles. The first-order valence-corrected chi connectivity index (χ1v) is 32.5. The molecule has 11 fully saturated rings. The van der Waals surface area contributed by atoms with Crippen molar-refractivity contribution >= 4 is 35.5 Å². The van der Waals surface area contributed by atoms with Gasteiger partial charge in [0.1, 0.15) is 0 Å². The van der Waals surface area contributed by atoms with E-state index in [0.717, 1.165) is 99.5 Å². The van der Waals surface area contributed by atoms with E-state index in [1.54, 1.807) is 48.5 Å². The Kier molecular flexibility index (Phi) is 21.1. The van der Waals surface area contributed by atoms with E-state index in [2.05, 4.69) is 53.9 Å². The summed E-state index contributed by atoms with van der Waals surface area (Å²) in [5.41, 5.74) is 20.4. The summed E-state index contributed by atoms with van der Waals surface area (Å²) in [4.78, 5) is 84.0. The molecular weight excluding hydrogens is 1070 g/mol. The number of nitrogens with zero attached hydrogens (tertiary/aromatic N) is 6. The van der Waals surface area contributed by atoms with Gasteiger partial charge in [0.25, 0.3) is 0 Å². The van der Waals surface area contributed by atoms with Crippen molar-refractivity contribution in [1.82, 2.24) is 40.0 Å². The van der Waals surface area contributed by atoms with Crippen LogP contribution < -0.4 is 27.8 Å². The van der Waals surface area contributed by atoms with Crippen LogP contribution in [0.5, 0.6) is 0 Å². The molecule has 4 saturated heterocycles. The highest BCUT2D eigenvalue weighted by Gasteiger charge is 2.49. The van der Waals surface area contributed by atoms with E-state index in [1.165, 1.54) is 123 Å². The number of nitrogens with one attached hydrogen (secondary N) is 2. The minimum absolute atomic E-state index is 0.101. The molecule has 18 nitrogen and oxygen atoms in total. The number of nitrogens with two attached hydrogens (primary N) is 3. The summed E-state index contributed by atoms with van der Waals surface area (Å²) >= 11 is 0. The number of carboxylic acids is 1. The molecule has 462 valence electrons. The molecule has 7 aliphatic carbocycles. The molecule has 3 aromatic rings. The summed E-state index contributed by atoms with van der Waals surface area (Å²) in [5, 5.41) is 15.6. The van der Waals surface area contributed by atoms with Crippen molar-refractivity contribution in [2.24, 2.45) is 35.0 Å². The summed E-state index contributed by atoms with van der Waals surface area (Å²) in [6.45, 7) is 19.9. The molecule has 4 aliphatic heterocycles. The van der Waals surface area contributed by atoms with Crippen LogP contribution in [0.4, 0.5) is 0 Å². The van der Waals surface area contributed by atoms with Gasteiger partial charge in [-0.15, -0.1) is 0 Å². The van der Waals surface area contributed by atoms with E-state index in [9.17, 15) is 28.8 Å². The molecule has 0 unspecified atom stereocenters. The Hall–Kier alpha value is -5.76. The predicted molar refractivity (Wildman–Crippen MR) is 330 cm³/mol. The van der Waals surface area contributed by atoms with E-state index < -0.39 is 23.7 Å².